The van der Waals surface area contributed by atoms with Gasteiger partial charge in [0.1, 0.15) is 5.75 Å². The van der Waals surface area contributed by atoms with Gasteiger partial charge in [-0.1, -0.05) is 12.5 Å². The Bertz CT molecular complexity index is 442. The van der Waals surface area contributed by atoms with Gasteiger partial charge in [0, 0.05) is 12.1 Å². The zero-order chi connectivity index (χ0) is 13.7. The number of hydrogen-bond donors (Lipinski definition) is 1. The summed E-state index contributed by atoms with van der Waals surface area (Å²) in [6, 6.07) is 5.48. The lowest BCUT2D eigenvalue weighted by Crippen LogP contribution is -2.35. The van der Waals surface area contributed by atoms with Gasteiger partial charge in [0.2, 0.25) is 0 Å². The van der Waals surface area contributed by atoms with Crippen LogP contribution >= 0.6 is 0 Å². The Hall–Kier alpha value is -1.62. The van der Waals surface area contributed by atoms with Crippen LogP contribution in [0.15, 0.2) is 18.2 Å². The van der Waals surface area contributed by atoms with Crippen LogP contribution in [0.25, 0.3) is 0 Å². The highest BCUT2D eigenvalue weighted by Gasteiger charge is 2.15. The van der Waals surface area contributed by atoms with Crippen molar-refractivity contribution in [2.75, 3.05) is 13.2 Å². The van der Waals surface area contributed by atoms with Crippen LogP contribution in [0.1, 0.15) is 31.2 Å². The minimum atomic E-state index is -0.370. The van der Waals surface area contributed by atoms with E-state index in [0.29, 0.717) is 24.0 Å². The van der Waals surface area contributed by atoms with E-state index in [9.17, 15) is 10.1 Å². The largest absolute Gasteiger partial charge is 0.493 e. The number of nitrogens with one attached hydrogen (secondary N) is 1. The van der Waals surface area contributed by atoms with Crippen LogP contribution in [-0.2, 0) is 0 Å². The molecule has 5 heteroatoms. The highest BCUT2D eigenvalue weighted by atomic mass is 16.6. The van der Waals surface area contributed by atoms with Crippen molar-refractivity contribution in [2.45, 2.75) is 38.6 Å². The van der Waals surface area contributed by atoms with Crippen molar-refractivity contribution in [3.63, 3.8) is 0 Å². The molecule has 0 bridgehead atoms. The third-order valence-corrected chi connectivity index (χ3v) is 3.59. The second kappa shape index (κ2) is 6.52. The second-order valence-corrected chi connectivity index (χ2v) is 4.94. The lowest BCUT2D eigenvalue weighted by molar-refractivity contribution is -0.385. The quantitative estimate of drug-likeness (QED) is 0.656. The van der Waals surface area contributed by atoms with Gasteiger partial charge in [-0.05, 0) is 38.8 Å². The summed E-state index contributed by atoms with van der Waals surface area (Å²) in [6.07, 6.45) is 4.66. The summed E-state index contributed by atoms with van der Waals surface area (Å²) in [5, 5.41) is 14.3. The highest BCUT2D eigenvalue weighted by molar-refractivity contribution is 5.48. The van der Waals surface area contributed by atoms with Crippen LogP contribution in [-0.4, -0.2) is 24.1 Å². The first kappa shape index (κ1) is 13.8. The molecule has 1 saturated heterocycles. The summed E-state index contributed by atoms with van der Waals surface area (Å²) < 4.78 is 5.69. The number of ether oxygens (including phenoxy) is 1. The molecule has 19 heavy (non-hydrogen) atoms. The van der Waals surface area contributed by atoms with Crippen LogP contribution in [0.5, 0.6) is 5.75 Å². The van der Waals surface area contributed by atoms with Crippen molar-refractivity contribution in [3.05, 3.63) is 33.9 Å². The maximum absolute atomic E-state index is 10.8. The normalized spacial score (nSPS) is 19.1. The molecule has 1 aliphatic rings. The summed E-state index contributed by atoms with van der Waals surface area (Å²) >= 11 is 0. The third kappa shape index (κ3) is 3.67. The standard InChI is InChI=1S/C14H20N2O3/c1-11-13(16(17)18)6-4-7-14(11)19-10-8-12-5-2-3-9-15-12/h4,6-7,12,15H,2-3,5,8-10H2,1H3. The van der Waals surface area contributed by atoms with Crippen LogP contribution in [0.3, 0.4) is 0 Å². The fraction of sp³-hybridized carbons (Fsp3) is 0.571. The fourth-order valence-corrected chi connectivity index (χ4v) is 2.44. The van der Waals surface area contributed by atoms with Crippen molar-refractivity contribution in [1.29, 1.82) is 0 Å². The summed E-state index contributed by atoms with van der Waals surface area (Å²) in [4.78, 5) is 10.5. The van der Waals surface area contributed by atoms with E-state index in [1.54, 1.807) is 19.1 Å². The Labute approximate surface area is 113 Å². The third-order valence-electron chi connectivity index (χ3n) is 3.59. The lowest BCUT2D eigenvalue weighted by Gasteiger charge is -2.23. The zero-order valence-electron chi connectivity index (χ0n) is 11.2. The molecule has 1 unspecified atom stereocenters. The van der Waals surface area contributed by atoms with Crippen molar-refractivity contribution in [2.24, 2.45) is 0 Å². The van der Waals surface area contributed by atoms with Crippen molar-refractivity contribution < 1.29 is 9.66 Å². The molecule has 0 aromatic heterocycles. The van der Waals surface area contributed by atoms with Gasteiger partial charge in [-0.2, -0.15) is 0 Å². The van der Waals surface area contributed by atoms with Crippen molar-refractivity contribution in [3.8, 4) is 5.75 Å². The van der Waals surface area contributed by atoms with Gasteiger partial charge in [0.15, 0.2) is 0 Å². The molecule has 104 valence electrons. The van der Waals surface area contributed by atoms with E-state index in [1.165, 1.54) is 25.3 Å². The summed E-state index contributed by atoms with van der Waals surface area (Å²) in [7, 11) is 0. The Morgan fingerprint density at radius 3 is 3.00 bits per heavy atom. The van der Waals surface area contributed by atoms with Crippen LogP contribution in [0, 0.1) is 17.0 Å². The summed E-state index contributed by atoms with van der Waals surface area (Å²) in [6.45, 7) is 3.41. The Balaban J connectivity index is 1.88. The monoisotopic (exact) mass is 264 g/mol. The molecule has 0 aliphatic carbocycles. The fourth-order valence-electron chi connectivity index (χ4n) is 2.44. The molecule has 5 nitrogen and oxygen atoms in total. The topological polar surface area (TPSA) is 64.4 Å². The molecule has 1 heterocycles. The van der Waals surface area contributed by atoms with Gasteiger partial charge in [-0.15, -0.1) is 0 Å². The number of hydrogen-bond acceptors (Lipinski definition) is 4. The average Bonchev–Trinajstić information content (AvgIpc) is 2.41. The van der Waals surface area contributed by atoms with Gasteiger partial charge in [0.05, 0.1) is 17.1 Å². The number of benzene rings is 1. The number of nitro groups is 1. The highest BCUT2D eigenvalue weighted by Crippen LogP contribution is 2.27. The lowest BCUT2D eigenvalue weighted by atomic mass is 10.0. The maximum atomic E-state index is 10.8. The van der Waals surface area contributed by atoms with Crippen LogP contribution < -0.4 is 10.1 Å². The van der Waals surface area contributed by atoms with Gasteiger partial charge in [-0.25, -0.2) is 0 Å². The Morgan fingerprint density at radius 1 is 1.47 bits per heavy atom. The van der Waals surface area contributed by atoms with Gasteiger partial charge in [-0.3, -0.25) is 10.1 Å². The minimum Gasteiger partial charge on any atom is -0.493 e. The maximum Gasteiger partial charge on any atom is 0.276 e. The van der Waals surface area contributed by atoms with E-state index in [2.05, 4.69) is 5.32 Å². The molecule has 1 aromatic carbocycles. The summed E-state index contributed by atoms with van der Waals surface area (Å²) in [5.41, 5.74) is 0.720. The zero-order valence-corrected chi connectivity index (χ0v) is 11.2. The van der Waals surface area contributed by atoms with Gasteiger partial charge in [0.25, 0.3) is 5.69 Å². The van der Waals surface area contributed by atoms with Crippen molar-refractivity contribution >= 4 is 5.69 Å². The molecular weight excluding hydrogens is 244 g/mol. The molecule has 0 amide bonds. The van der Waals surface area contributed by atoms with Crippen molar-refractivity contribution in [1.82, 2.24) is 5.32 Å². The first-order valence-corrected chi connectivity index (χ1v) is 6.78. The average molecular weight is 264 g/mol. The first-order valence-electron chi connectivity index (χ1n) is 6.78. The molecule has 1 atom stereocenters. The SMILES string of the molecule is Cc1c(OCCC2CCCCN2)cccc1[N+](=O)[O-]. The van der Waals surface area contributed by atoms with E-state index < -0.39 is 0 Å². The molecule has 1 fully saturated rings. The van der Waals surface area contributed by atoms with E-state index in [0.717, 1.165) is 13.0 Å². The molecule has 0 radical (unpaired) electrons. The summed E-state index contributed by atoms with van der Waals surface area (Å²) in [5.74, 6) is 0.616. The van der Waals surface area contributed by atoms with E-state index in [-0.39, 0.29) is 10.6 Å². The molecule has 2 rings (SSSR count). The van der Waals surface area contributed by atoms with E-state index >= 15 is 0 Å². The molecule has 1 aliphatic heterocycles. The number of nitrogens with zero attached hydrogens (tertiary/aromatic N) is 1. The molecular formula is C14H20N2O3. The Morgan fingerprint density at radius 2 is 2.32 bits per heavy atom. The van der Waals surface area contributed by atoms with E-state index in [1.807, 2.05) is 0 Å². The first-order chi connectivity index (χ1) is 9.18. The van der Waals surface area contributed by atoms with Gasteiger partial charge >= 0.3 is 0 Å². The van der Waals surface area contributed by atoms with Crippen LogP contribution in [0.4, 0.5) is 5.69 Å². The van der Waals surface area contributed by atoms with E-state index in [4.69, 9.17) is 4.74 Å². The predicted molar refractivity (Wildman–Crippen MR) is 73.6 cm³/mol. The number of rotatable bonds is 5. The molecule has 1 aromatic rings. The second-order valence-electron chi connectivity index (χ2n) is 4.94. The smallest absolute Gasteiger partial charge is 0.276 e. The predicted octanol–water partition coefficient (Wildman–Crippen LogP) is 2.81. The number of nitro benzene ring substituents is 1. The minimum absolute atomic E-state index is 0.119. The molecule has 0 saturated carbocycles. The molecule has 0 spiro atoms. The Kier molecular flexibility index (Phi) is 4.74. The van der Waals surface area contributed by atoms with Crippen LogP contribution in [0.2, 0.25) is 0 Å². The van der Waals surface area contributed by atoms with Gasteiger partial charge < -0.3 is 10.1 Å². The number of piperidine rings is 1. The molecule has 1 N–H and O–H groups in total.